The summed E-state index contributed by atoms with van der Waals surface area (Å²) in [7, 11) is 0. The Hall–Kier alpha value is -1.16. The molecule has 12 heavy (non-hydrogen) atoms. The summed E-state index contributed by atoms with van der Waals surface area (Å²) in [5, 5.41) is 0. The van der Waals surface area contributed by atoms with Crippen LogP contribution in [-0.2, 0) is 6.54 Å². The van der Waals surface area contributed by atoms with E-state index in [1.54, 1.807) is 6.20 Å². The number of hydrogen-bond donors (Lipinski definition) is 2. The van der Waals surface area contributed by atoms with Crippen molar-refractivity contribution in [3.05, 3.63) is 17.6 Å². The van der Waals surface area contributed by atoms with E-state index in [-0.39, 0.29) is 0 Å². The van der Waals surface area contributed by atoms with Gasteiger partial charge in [-0.15, -0.1) is 0 Å². The van der Waals surface area contributed by atoms with Crippen molar-refractivity contribution in [3.63, 3.8) is 0 Å². The number of hydrogen-bond acceptors (Lipinski definition) is 4. The fourth-order valence-corrected chi connectivity index (χ4v) is 0.870. The van der Waals surface area contributed by atoms with Crippen molar-refractivity contribution in [1.82, 2.24) is 9.97 Å². The van der Waals surface area contributed by atoms with Crippen LogP contribution in [0, 0.1) is 0 Å². The zero-order valence-corrected chi connectivity index (χ0v) is 7.41. The molecule has 0 bridgehead atoms. The maximum atomic E-state index is 5.64. The number of nitrogens with zero attached hydrogens (tertiary/aromatic N) is 2. The highest BCUT2D eigenvalue weighted by Gasteiger charge is 2.05. The molecule has 0 aliphatic carbocycles. The zero-order chi connectivity index (χ0) is 9.14. The molecule has 0 aliphatic rings. The summed E-state index contributed by atoms with van der Waals surface area (Å²) in [6.07, 6.45) is 1.69. The summed E-state index contributed by atoms with van der Waals surface area (Å²) in [5.74, 6) is 1.57. The summed E-state index contributed by atoms with van der Waals surface area (Å²) >= 11 is 0. The predicted octanol–water partition coefficient (Wildman–Crippen LogP) is 0.641. The number of aromatic nitrogens is 2. The highest BCUT2D eigenvalue weighted by atomic mass is 14.9. The predicted molar refractivity (Wildman–Crippen MR) is 48.4 cm³/mol. The van der Waals surface area contributed by atoms with Gasteiger partial charge in [0, 0.05) is 24.2 Å². The van der Waals surface area contributed by atoms with E-state index in [0.717, 1.165) is 11.4 Å². The van der Waals surface area contributed by atoms with Crippen LogP contribution in [0.5, 0.6) is 0 Å². The first-order valence-corrected chi connectivity index (χ1v) is 3.96. The number of anilines is 1. The van der Waals surface area contributed by atoms with Crippen LogP contribution in [-0.4, -0.2) is 9.97 Å². The molecule has 0 atom stereocenters. The summed E-state index contributed by atoms with van der Waals surface area (Å²) in [6, 6.07) is 0. The average molecular weight is 166 g/mol. The van der Waals surface area contributed by atoms with Crippen LogP contribution >= 0.6 is 0 Å². The van der Waals surface area contributed by atoms with Crippen molar-refractivity contribution in [1.29, 1.82) is 0 Å². The van der Waals surface area contributed by atoms with Gasteiger partial charge in [0.15, 0.2) is 0 Å². The van der Waals surface area contributed by atoms with Gasteiger partial charge in [-0.1, -0.05) is 13.8 Å². The molecule has 0 radical (unpaired) electrons. The van der Waals surface area contributed by atoms with Gasteiger partial charge in [-0.25, -0.2) is 9.97 Å². The monoisotopic (exact) mass is 166 g/mol. The normalized spacial score (nSPS) is 10.7. The molecule has 1 rings (SSSR count). The molecule has 4 heteroatoms. The standard InChI is InChI=1S/C8H14N4/c1-5(2)8-11-4-6(3-9)7(10)12-8/h4-5H,3,9H2,1-2H3,(H2,10,11,12). The Labute approximate surface area is 72.0 Å². The first-order chi connectivity index (χ1) is 5.65. The Morgan fingerprint density at radius 3 is 2.58 bits per heavy atom. The molecular formula is C8H14N4. The molecule has 0 saturated heterocycles. The van der Waals surface area contributed by atoms with Crippen LogP contribution in [0.2, 0.25) is 0 Å². The van der Waals surface area contributed by atoms with E-state index in [4.69, 9.17) is 11.5 Å². The first-order valence-electron chi connectivity index (χ1n) is 3.96. The van der Waals surface area contributed by atoms with E-state index in [1.165, 1.54) is 0 Å². The molecule has 1 heterocycles. The largest absolute Gasteiger partial charge is 0.383 e. The second-order valence-corrected chi connectivity index (χ2v) is 3.00. The number of nitrogen functional groups attached to an aromatic ring is 1. The summed E-state index contributed by atoms with van der Waals surface area (Å²) in [4.78, 5) is 8.27. The first kappa shape index (κ1) is 8.93. The highest BCUT2D eigenvalue weighted by molar-refractivity contribution is 5.37. The minimum atomic E-state index is 0.305. The van der Waals surface area contributed by atoms with Gasteiger partial charge >= 0.3 is 0 Å². The quantitative estimate of drug-likeness (QED) is 0.675. The van der Waals surface area contributed by atoms with Gasteiger partial charge in [-0.05, 0) is 0 Å². The Morgan fingerprint density at radius 1 is 1.50 bits per heavy atom. The van der Waals surface area contributed by atoms with E-state index in [2.05, 4.69) is 9.97 Å². The van der Waals surface area contributed by atoms with E-state index in [0.29, 0.717) is 18.3 Å². The van der Waals surface area contributed by atoms with Crippen molar-refractivity contribution >= 4 is 5.82 Å². The topological polar surface area (TPSA) is 77.8 Å². The van der Waals surface area contributed by atoms with Crippen LogP contribution < -0.4 is 11.5 Å². The molecule has 66 valence electrons. The van der Waals surface area contributed by atoms with Gasteiger partial charge in [-0.2, -0.15) is 0 Å². The van der Waals surface area contributed by atoms with Gasteiger partial charge in [-0.3, -0.25) is 0 Å². The van der Waals surface area contributed by atoms with Gasteiger partial charge in [0.05, 0.1) is 0 Å². The van der Waals surface area contributed by atoms with Crippen LogP contribution in [0.1, 0.15) is 31.2 Å². The second kappa shape index (κ2) is 3.49. The lowest BCUT2D eigenvalue weighted by Gasteiger charge is -2.06. The lowest BCUT2D eigenvalue weighted by Crippen LogP contribution is -2.08. The summed E-state index contributed by atoms with van der Waals surface area (Å²) < 4.78 is 0. The zero-order valence-electron chi connectivity index (χ0n) is 7.41. The van der Waals surface area contributed by atoms with Gasteiger partial charge < -0.3 is 11.5 Å². The van der Waals surface area contributed by atoms with Gasteiger partial charge in [0.2, 0.25) is 0 Å². The van der Waals surface area contributed by atoms with Gasteiger partial charge in [0.25, 0.3) is 0 Å². The molecule has 0 amide bonds. The Balaban J connectivity index is 3.02. The molecular weight excluding hydrogens is 152 g/mol. The minimum Gasteiger partial charge on any atom is -0.383 e. The van der Waals surface area contributed by atoms with Crippen LogP contribution in [0.4, 0.5) is 5.82 Å². The van der Waals surface area contributed by atoms with Crippen molar-refractivity contribution in [2.75, 3.05) is 5.73 Å². The van der Waals surface area contributed by atoms with Gasteiger partial charge in [0.1, 0.15) is 11.6 Å². The smallest absolute Gasteiger partial charge is 0.133 e. The summed E-state index contributed by atoms with van der Waals surface area (Å²) in [6.45, 7) is 4.44. The molecule has 1 aromatic rings. The van der Waals surface area contributed by atoms with Crippen LogP contribution in [0.25, 0.3) is 0 Å². The van der Waals surface area contributed by atoms with E-state index < -0.39 is 0 Å². The van der Waals surface area contributed by atoms with E-state index in [9.17, 15) is 0 Å². The maximum absolute atomic E-state index is 5.64. The van der Waals surface area contributed by atoms with E-state index in [1.807, 2.05) is 13.8 Å². The fourth-order valence-electron chi connectivity index (χ4n) is 0.870. The molecule has 0 fully saturated rings. The molecule has 4 N–H and O–H groups in total. The fraction of sp³-hybridized carbons (Fsp3) is 0.500. The molecule has 0 aromatic carbocycles. The molecule has 1 aromatic heterocycles. The third-order valence-corrected chi connectivity index (χ3v) is 1.65. The van der Waals surface area contributed by atoms with E-state index >= 15 is 0 Å². The van der Waals surface area contributed by atoms with Crippen molar-refractivity contribution in [3.8, 4) is 0 Å². The molecule has 0 spiro atoms. The maximum Gasteiger partial charge on any atom is 0.133 e. The average Bonchev–Trinajstić information content (AvgIpc) is 2.04. The highest BCUT2D eigenvalue weighted by Crippen LogP contribution is 2.12. The molecule has 0 unspecified atom stereocenters. The number of nitrogens with two attached hydrogens (primary N) is 2. The molecule has 4 nitrogen and oxygen atoms in total. The Bertz CT molecular complexity index is 270. The lowest BCUT2D eigenvalue weighted by molar-refractivity contribution is 0.770. The molecule has 0 aliphatic heterocycles. The van der Waals surface area contributed by atoms with Crippen molar-refractivity contribution < 1.29 is 0 Å². The third-order valence-electron chi connectivity index (χ3n) is 1.65. The lowest BCUT2D eigenvalue weighted by atomic mass is 10.2. The third kappa shape index (κ3) is 1.71. The van der Waals surface area contributed by atoms with Crippen LogP contribution in [0.3, 0.4) is 0 Å². The summed E-state index contributed by atoms with van der Waals surface area (Å²) in [5.41, 5.74) is 11.9. The van der Waals surface area contributed by atoms with Crippen molar-refractivity contribution in [2.24, 2.45) is 5.73 Å². The molecule has 0 saturated carbocycles. The Morgan fingerprint density at radius 2 is 2.17 bits per heavy atom. The van der Waals surface area contributed by atoms with Crippen molar-refractivity contribution in [2.45, 2.75) is 26.3 Å². The SMILES string of the molecule is CC(C)c1ncc(CN)c(N)n1. The van der Waals surface area contributed by atoms with Crippen LogP contribution in [0.15, 0.2) is 6.20 Å². The number of rotatable bonds is 2. The minimum absolute atomic E-state index is 0.305. The second-order valence-electron chi connectivity index (χ2n) is 3.00. The Kier molecular flexibility index (Phi) is 2.60.